The Hall–Kier alpha value is -0.200. The van der Waals surface area contributed by atoms with Crippen LogP contribution in [0.25, 0.3) is 0 Å². The van der Waals surface area contributed by atoms with E-state index in [-0.39, 0.29) is 18.2 Å². The summed E-state index contributed by atoms with van der Waals surface area (Å²) in [6.45, 7) is 7.64. The molecular formula is C11H21NO4. The van der Waals surface area contributed by atoms with Crippen molar-refractivity contribution in [3.8, 4) is 0 Å². The number of nitrogens with two attached hydrogens (primary N) is 1. The molecule has 0 unspecified atom stereocenters. The zero-order valence-corrected chi connectivity index (χ0v) is 10.5. The van der Waals surface area contributed by atoms with E-state index in [9.17, 15) is 0 Å². The molecule has 94 valence electrons. The monoisotopic (exact) mass is 231 g/mol. The highest BCUT2D eigenvalue weighted by Gasteiger charge is 2.61. The van der Waals surface area contributed by atoms with Gasteiger partial charge in [0.25, 0.3) is 0 Å². The molecule has 2 aliphatic heterocycles. The maximum absolute atomic E-state index is 6.15. The summed E-state index contributed by atoms with van der Waals surface area (Å²) in [4.78, 5) is 0. The molecule has 0 radical (unpaired) electrons. The van der Waals surface area contributed by atoms with Gasteiger partial charge >= 0.3 is 0 Å². The van der Waals surface area contributed by atoms with E-state index < -0.39 is 17.7 Å². The van der Waals surface area contributed by atoms with Gasteiger partial charge in [-0.15, -0.1) is 0 Å². The molecule has 5 atom stereocenters. The van der Waals surface area contributed by atoms with E-state index >= 15 is 0 Å². The van der Waals surface area contributed by atoms with Crippen LogP contribution in [0.15, 0.2) is 0 Å². The SMILES string of the molecule is CO[C@@H]1O[C@@H](C)[C@@H](N)[C@@]2(C)OC(C)(C)O[C@@H]12. The molecule has 0 amide bonds. The highest BCUT2D eigenvalue weighted by Crippen LogP contribution is 2.44. The quantitative estimate of drug-likeness (QED) is 0.716. The van der Waals surface area contributed by atoms with Gasteiger partial charge in [-0.2, -0.15) is 0 Å². The van der Waals surface area contributed by atoms with E-state index in [0.29, 0.717) is 0 Å². The average Bonchev–Trinajstić information content (AvgIpc) is 2.44. The first kappa shape index (κ1) is 12.3. The van der Waals surface area contributed by atoms with Crippen molar-refractivity contribution in [2.24, 2.45) is 5.73 Å². The maximum Gasteiger partial charge on any atom is 0.186 e. The number of hydrogen-bond donors (Lipinski definition) is 1. The molecule has 0 aromatic heterocycles. The van der Waals surface area contributed by atoms with E-state index in [1.807, 2.05) is 27.7 Å². The van der Waals surface area contributed by atoms with Gasteiger partial charge in [-0.25, -0.2) is 0 Å². The molecule has 2 N–H and O–H groups in total. The van der Waals surface area contributed by atoms with E-state index in [2.05, 4.69) is 0 Å². The molecule has 2 saturated heterocycles. The minimum absolute atomic E-state index is 0.122. The van der Waals surface area contributed by atoms with Gasteiger partial charge in [-0.1, -0.05) is 0 Å². The van der Waals surface area contributed by atoms with Gasteiger partial charge < -0.3 is 24.7 Å². The summed E-state index contributed by atoms with van der Waals surface area (Å²) in [5.74, 6) is -0.652. The van der Waals surface area contributed by atoms with Crippen molar-refractivity contribution in [3.05, 3.63) is 0 Å². The molecule has 2 rings (SSSR count). The van der Waals surface area contributed by atoms with Crippen molar-refractivity contribution in [2.75, 3.05) is 7.11 Å². The highest BCUT2D eigenvalue weighted by molar-refractivity contribution is 5.06. The summed E-state index contributed by atoms with van der Waals surface area (Å²) in [7, 11) is 1.60. The topological polar surface area (TPSA) is 62.9 Å². The Bertz CT molecular complexity index is 283. The summed E-state index contributed by atoms with van der Waals surface area (Å²) in [6.07, 6.45) is -0.844. The Morgan fingerprint density at radius 3 is 2.44 bits per heavy atom. The second-order valence-corrected chi connectivity index (χ2v) is 5.20. The summed E-state index contributed by atoms with van der Waals surface area (Å²) < 4.78 is 22.7. The van der Waals surface area contributed by atoms with Gasteiger partial charge in [0.05, 0.1) is 12.1 Å². The van der Waals surface area contributed by atoms with Crippen LogP contribution in [-0.2, 0) is 18.9 Å². The molecule has 0 spiro atoms. The van der Waals surface area contributed by atoms with Gasteiger partial charge in [0.15, 0.2) is 12.1 Å². The smallest absolute Gasteiger partial charge is 0.186 e. The van der Waals surface area contributed by atoms with Crippen LogP contribution in [0.3, 0.4) is 0 Å². The third-order valence-electron chi connectivity index (χ3n) is 3.44. The molecule has 16 heavy (non-hydrogen) atoms. The standard InChI is InChI=1S/C11H21NO4/c1-6-7(12)11(4)8(9(13-5)14-6)15-10(2,3)16-11/h6-9H,12H2,1-5H3/t6-,7+,8-,9+,11+/m0/s1. The lowest BCUT2D eigenvalue weighted by Crippen LogP contribution is -2.66. The first-order valence-electron chi connectivity index (χ1n) is 5.62. The normalized spacial score (nSPS) is 51.4. The fourth-order valence-corrected chi connectivity index (χ4v) is 2.63. The number of methoxy groups -OCH3 is 1. The van der Waals surface area contributed by atoms with Crippen LogP contribution in [0.5, 0.6) is 0 Å². The zero-order valence-electron chi connectivity index (χ0n) is 10.5. The third-order valence-corrected chi connectivity index (χ3v) is 3.44. The van der Waals surface area contributed by atoms with Gasteiger partial charge in [0.1, 0.15) is 11.7 Å². The van der Waals surface area contributed by atoms with E-state index in [4.69, 9.17) is 24.7 Å². The maximum atomic E-state index is 6.15. The number of ether oxygens (including phenoxy) is 4. The van der Waals surface area contributed by atoms with E-state index in [1.54, 1.807) is 7.11 Å². The van der Waals surface area contributed by atoms with Crippen molar-refractivity contribution in [1.82, 2.24) is 0 Å². The van der Waals surface area contributed by atoms with Crippen molar-refractivity contribution in [2.45, 2.75) is 63.6 Å². The van der Waals surface area contributed by atoms with E-state index in [1.165, 1.54) is 0 Å². The molecule has 0 bridgehead atoms. The molecule has 0 aromatic rings. The van der Waals surface area contributed by atoms with Crippen LogP contribution in [0.1, 0.15) is 27.7 Å². The molecule has 2 aliphatic rings. The van der Waals surface area contributed by atoms with Gasteiger partial charge in [0.2, 0.25) is 0 Å². The predicted octanol–water partition coefficient (Wildman–Crippen LogP) is 0.615. The van der Waals surface area contributed by atoms with Gasteiger partial charge in [-0.05, 0) is 27.7 Å². The van der Waals surface area contributed by atoms with Crippen LogP contribution in [0.4, 0.5) is 0 Å². The predicted molar refractivity (Wildman–Crippen MR) is 57.8 cm³/mol. The van der Waals surface area contributed by atoms with Crippen LogP contribution in [0, 0.1) is 0 Å². The van der Waals surface area contributed by atoms with Gasteiger partial charge in [-0.3, -0.25) is 0 Å². The fraction of sp³-hybridized carbons (Fsp3) is 1.00. The highest BCUT2D eigenvalue weighted by atomic mass is 16.8. The number of fused-ring (bicyclic) bond motifs is 1. The minimum Gasteiger partial charge on any atom is -0.353 e. The van der Waals surface area contributed by atoms with Crippen molar-refractivity contribution in [3.63, 3.8) is 0 Å². The Morgan fingerprint density at radius 2 is 1.88 bits per heavy atom. The number of rotatable bonds is 1. The molecule has 0 aromatic carbocycles. The number of hydrogen-bond acceptors (Lipinski definition) is 5. The largest absolute Gasteiger partial charge is 0.353 e. The summed E-state index contributed by atoms with van der Waals surface area (Å²) in [5, 5.41) is 0. The molecule has 0 aliphatic carbocycles. The molecule has 2 heterocycles. The first-order valence-corrected chi connectivity index (χ1v) is 5.62. The lowest BCUT2D eigenvalue weighted by atomic mass is 9.85. The Morgan fingerprint density at radius 1 is 1.25 bits per heavy atom. The summed E-state index contributed by atoms with van der Waals surface area (Å²) in [5.41, 5.74) is 5.58. The second-order valence-electron chi connectivity index (χ2n) is 5.20. The Labute approximate surface area is 96.2 Å². The fourth-order valence-electron chi connectivity index (χ4n) is 2.63. The van der Waals surface area contributed by atoms with Crippen LogP contribution in [0.2, 0.25) is 0 Å². The molecule has 5 nitrogen and oxygen atoms in total. The average molecular weight is 231 g/mol. The van der Waals surface area contributed by atoms with Crippen molar-refractivity contribution >= 4 is 0 Å². The van der Waals surface area contributed by atoms with Crippen LogP contribution < -0.4 is 5.73 Å². The molecular weight excluding hydrogens is 210 g/mol. The van der Waals surface area contributed by atoms with Crippen molar-refractivity contribution < 1.29 is 18.9 Å². The molecule has 2 fully saturated rings. The Balaban J connectivity index is 2.31. The molecule has 0 saturated carbocycles. The van der Waals surface area contributed by atoms with Crippen LogP contribution >= 0.6 is 0 Å². The third kappa shape index (κ3) is 1.67. The van der Waals surface area contributed by atoms with E-state index in [0.717, 1.165) is 0 Å². The van der Waals surface area contributed by atoms with Crippen molar-refractivity contribution in [1.29, 1.82) is 0 Å². The summed E-state index contributed by atoms with van der Waals surface area (Å²) >= 11 is 0. The van der Waals surface area contributed by atoms with Crippen LogP contribution in [-0.4, -0.2) is 43.0 Å². The molecule has 5 heteroatoms. The zero-order chi connectivity index (χ0) is 12.1. The first-order chi connectivity index (χ1) is 7.30. The Kier molecular flexibility index (Phi) is 2.79. The lowest BCUT2D eigenvalue weighted by Gasteiger charge is -2.45. The van der Waals surface area contributed by atoms with Gasteiger partial charge in [0, 0.05) is 7.11 Å². The second kappa shape index (κ2) is 3.65. The minimum atomic E-state index is -0.652. The summed E-state index contributed by atoms with van der Waals surface area (Å²) in [6, 6.07) is -0.231. The lowest BCUT2D eigenvalue weighted by molar-refractivity contribution is -0.256.